The lowest BCUT2D eigenvalue weighted by atomic mass is 10.4. The van der Waals surface area contributed by atoms with Gasteiger partial charge in [0.05, 0.1) is 11.9 Å². The Bertz CT molecular complexity index is 535. The Kier molecular flexibility index (Phi) is 3.91. The third-order valence-electron chi connectivity index (χ3n) is 2.00. The van der Waals surface area contributed by atoms with Gasteiger partial charge >= 0.3 is 0 Å². The maximum atomic E-state index is 8.76. The summed E-state index contributed by atoms with van der Waals surface area (Å²) in [5.41, 5.74) is 5.84. The molecule has 0 aliphatic rings. The van der Waals surface area contributed by atoms with Gasteiger partial charge in [0.1, 0.15) is 17.8 Å². The van der Waals surface area contributed by atoms with Crippen LogP contribution in [0.25, 0.3) is 0 Å². The molecule has 0 bridgehead atoms. The van der Waals surface area contributed by atoms with E-state index in [1.165, 1.54) is 6.21 Å². The minimum atomic E-state index is -0.188. The molecule has 86 valence electrons. The molecule has 1 aromatic heterocycles. The molecule has 1 aromatic rings. The molecular formula is C11H12N6. The second kappa shape index (κ2) is 5.38. The average Bonchev–Trinajstić information content (AvgIpc) is 2.77. The molecule has 1 heterocycles. The first-order valence-corrected chi connectivity index (χ1v) is 4.79. The van der Waals surface area contributed by atoms with Crippen LogP contribution in [-0.2, 0) is 0 Å². The van der Waals surface area contributed by atoms with E-state index in [0.29, 0.717) is 0 Å². The van der Waals surface area contributed by atoms with Crippen molar-refractivity contribution in [3.8, 4) is 12.1 Å². The first kappa shape index (κ1) is 12.3. The number of nitriles is 2. The number of allylic oxidation sites excluding steroid dienone is 2. The lowest BCUT2D eigenvalue weighted by molar-refractivity contribution is 0.732. The summed E-state index contributed by atoms with van der Waals surface area (Å²) in [6.45, 7) is 0. The third kappa shape index (κ3) is 2.86. The van der Waals surface area contributed by atoms with Crippen LogP contribution in [0.3, 0.4) is 0 Å². The van der Waals surface area contributed by atoms with E-state index in [9.17, 15) is 0 Å². The zero-order valence-electron chi connectivity index (χ0n) is 9.62. The van der Waals surface area contributed by atoms with Crippen LogP contribution in [0.2, 0.25) is 0 Å². The fourth-order valence-corrected chi connectivity index (χ4v) is 1.19. The molecule has 0 amide bonds. The standard InChI is InChI=1S/C11H12N6/c1-16(2)17-5-3-4-9(17)8-15-11(7-13)10(14)6-12/h3-5,8H,14H2,1-2H3/b11-10+,15-8?. The van der Waals surface area contributed by atoms with Crippen molar-refractivity contribution in [1.29, 1.82) is 10.5 Å². The number of hydrogen-bond acceptors (Lipinski definition) is 5. The predicted octanol–water partition coefficient (Wildman–Crippen LogP) is 0.322. The molecule has 0 fully saturated rings. The SMILES string of the molecule is CN(C)n1cccc1C=N/C(C#N)=C(/N)C#N. The largest absolute Gasteiger partial charge is 0.388 e. The maximum Gasteiger partial charge on any atom is 0.174 e. The lowest BCUT2D eigenvalue weighted by Gasteiger charge is -2.15. The minimum Gasteiger partial charge on any atom is -0.388 e. The van der Waals surface area contributed by atoms with Gasteiger partial charge in [0.15, 0.2) is 5.70 Å². The first-order valence-electron chi connectivity index (χ1n) is 4.79. The van der Waals surface area contributed by atoms with Crippen molar-refractivity contribution in [2.24, 2.45) is 10.7 Å². The molecule has 2 N–H and O–H groups in total. The molecule has 0 unspecified atom stereocenters. The monoisotopic (exact) mass is 228 g/mol. The molecule has 0 radical (unpaired) electrons. The Morgan fingerprint density at radius 3 is 2.71 bits per heavy atom. The second-order valence-electron chi connectivity index (χ2n) is 3.37. The zero-order valence-corrected chi connectivity index (χ0v) is 9.62. The fourth-order valence-electron chi connectivity index (χ4n) is 1.19. The number of nitrogens with zero attached hydrogens (tertiary/aromatic N) is 5. The summed E-state index contributed by atoms with van der Waals surface area (Å²) in [6, 6.07) is 7.15. The summed E-state index contributed by atoms with van der Waals surface area (Å²) in [5, 5.41) is 19.2. The first-order chi connectivity index (χ1) is 8.10. The van der Waals surface area contributed by atoms with Crippen LogP contribution in [0.5, 0.6) is 0 Å². The predicted molar refractivity (Wildman–Crippen MR) is 64.5 cm³/mol. The summed E-state index contributed by atoms with van der Waals surface area (Å²) >= 11 is 0. The van der Waals surface area contributed by atoms with E-state index in [4.69, 9.17) is 16.3 Å². The van der Waals surface area contributed by atoms with Crippen LogP contribution in [0.4, 0.5) is 0 Å². The van der Waals surface area contributed by atoms with E-state index in [1.807, 2.05) is 42.1 Å². The van der Waals surface area contributed by atoms with E-state index < -0.39 is 0 Å². The van der Waals surface area contributed by atoms with Crippen molar-refractivity contribution < 1.29 is 0 Å². The van der Waals surface area contributed by atoms with Gasteiger partial charge in [-0.25, -0.2) is 4.99 Å². The third-order valence-corrected chi connectivity index (χ3v) is 2.00. The zero-order chi connectivity index (χ0) is 12.8. The van der Waals surface area contributed by atoms with Gasteiger partial charge in [0, 0.05) is 20.3 Å². The number of aliphatic imine (C=N–C) groups is 1. The highest BCUT2D eigenvalue weighted by molar-refractivity contribution is 5.79. The molecule has 17 heavy (non-hydrogen) atoms. The Balaban J connectivity index is 3.04. The molecular weight excluding hydrogens is 216 g/mol. The molecule has 0 aromatic carbocycles. The maximum absolute atomic E-state index is 8.76. The topological polar surface area (TPSA) is 94.1 Å². The molecule has 0 aliphatic carbocycles. The van der Waals surface area contributed by atoms with Crippen LogP contribution >= 0.6 is 0 Å². The van der Waals surface area contributed by atoms with Crippen LogP contribution in [-0.4, -0.2) is 25.0 Å². The molecule has 0 atom stereocenters. The van der Waals surface area contributed by atoms with Crippen LogP contribution in [0.1, 0.15) is 5.69 Å². The van der Waals surface area contributed by atoms with Crippen LogP contribution in [0, 0.1) is 22.7 Å². The van der Waals surface area contributed by atoms with E-state index in [-0.39, 0.29) is 11.4 Å². The second-order valence-corrected chi connectivity index (χ2v) is 3.37. The number of aromatic nitrogens is 1. The molecule has 0 aliphatic heterocycles. The van der Waals surface area contributed by atoms with E-state index in [1.54, 1.807) is 12.1 Å². The van der Waals surface area contributed by atoms with Crippen molar-refractivity contribution in [2.75, 3.05) is 19.1 Å². The van der Waals surface area contributed by atoms with Gasteiger partial charge in [-0.05, 0) is 12.1 Å². The quantitative estimate of drug-likeness (QED) is 0.595. The number of rotatable bonds is 3. The van der Waals surface area contributed by atoms with Crippen molar-refractivity contribution >= 4 is 6.21 Å². The van der Waals surface area contributed by atoms with Gasteiger partial charge in [-0.15, -0.1) is 0 Å². The van der Waals surface area contributed by atoms with Crippen LogP contribution < -0.4 is 10.7 Å². The van der Waals surface area contributed by atoms with Crippen molar-refractivity contribution in [1.82, 2.24) is 4.68 Å². The molecule has 0 saturated carbocycles. The van der Waals surface area contributed by atoms with Gasteiger partial charge < -0.3 is 10.7 Å². The lowest BCUT2D eigenvalue weighted by Crippen LogP contribution is -2.25. The van der Waals surface area contributed by atoms with Crippen molar-refractivity contribution in [2.45, 2.75) is 0 Å². The highest BCUT2D eigenvalue weighted by Crippen LogP contribution is 2.02. The Hall–Kier alpha value is -2.73. The Morgan fingerprint density at radius 2 is 2.18 bits per heavy atom. The summed E-state index contributed by atoms with van der Waals surface area (Å²) in [5.74, 6) is 0. The number of nitrogens with two attached hydrogens (primary N) is 1. The van der Waals surface area contributed by atoms with E-state index in [2.05, 4.69) is 4.99 Å². The van der Waals surface area contributed by atoms with Gasteiger partial charge in [0.25, 0.3) is 0 Å². The minimum absolute atomic E-state index is 0.0843. The Labute approximate surface area is 99.5 Å². The van der Waals surface area contributed by atoms with Gasteiger partial charge in [-0.1, -0.05) is 0 Å². The van der Waals surface area contributed by atoms with Crippen LogP contribution in [0.15, 0.2) is 34.7 Å². The summed E-state index contributed by atoms with van der Waals surface area (Å²) in [7, 11) is 3.75. The van der Waals surface area contributed by atoms with E-state index in [0.717, 1.165) is 5.69 Å². The molecule has 1 rings (SSSR count). The van der Waals surface area contributed by atoms with Gasteiger partial charge in [-0.2, -0.15) is 10.5 Å². The highest BCUT2D eigenvalue weighted by Gasteiger charge is 2.01. The van der Waals surface area contributed by atoms with E-state index >= 15 is 0 Å². The summed E-state index contributed by atoms with van der Waals surface area (Å²) < 4.78 is 1.83. The highest BCUT2D eigenvalue weighted by atomic mass is 15.5. The average molecular weight is 228 g/mol. The molecule has 6 nitrogen and oxygen atoms in total. The molecule has 0 saturated heterocycles. The van der Waals surface area contributed by atoms with Crippen molar-refractivity contribution in [3.63, 3.8) is 0 Å². The Morgan fingerprint density at radius 1 is 1.47 bits per heavy atom. The normalized spacial score (nSPS) is 11.8. The number of hydrogen-bond donors (Lipinski definition) is 1. The van der Waals surface area contributed by atoms with Gasteiger partial charge in [-0.3, -0.25) is 4.68 Å². The molecule has 0 spiro atoms. The summed E-state index contributed by atoms with van der Waals surface area (Å²) in [6.07, 6.45) is 3.34. The van der Waals surface area contributed by atoms with Crippen molar-refractivity contribution in [3.05, 3.63) is 35.4 Å². The smallest absolute Gasteiger partial charge is 0.174 e. The van der Waals surface area contributed by atoms with Gasteiger partial charge in [0.2, 0.25) is 0 Å². The molecule has 6 heteroatoms. The summed E-state index contributed by atoms with van der Waals surface area (Å²) in [4.78, 5) is 3.90. The fraction of sp³-hybridized carbons (Fsp3) is 0.182.